The van der Waals surface area contributed by atoms with Crippen LogP contribution in [0.3, 0.4) is 0 Å². The van der Waals surface area contributed by atoms with E-state index >= 15 is 0 Å². The zero-order valence-electron chi connectivity index (χ0n) is 13.5. The van der Waals surface area contributed by atoms with Gasteiger partial charge in [-0.1, -0.05) is 58.8 Å². The average Bonchev–Trinajstić information content (AvgIpc) is 2.43. The van der Waals surface area contributed by atoms with E-state index < -0.39 is 22.2 Å². The van der Waals surface area contributed by atoms with Gasteiger partial charge in [-0.05, 0) is 25.7 Å². The highest BCUT2D eigenvalue weighted by molar-refractivity contribution is 7.80. The largest absolute Gasteiger partial charge is 0.306 e. The lowest BCUT2D eigenvalue weighted by atomic mass is 10.0. The van der Waals surface area contributed by atoms with Crippen molar-refractivity contribution >= 4 is 22.2 Å². The first-order valence-corrected chi connectivity index (χ1v) is 10.6. The summed E-state index contributed by atoms with van der Waals surface area (Å²) >= 11 is -3.55. The Morgan fingerprint density at radius 1 is 0.667 bits per heavy atom. The Kier molecular flexibility index (Phi) is 14.0. The van der Waals surface area contributed by atoms with Gasteiger partial charge in [0.25, 0.3) is 0 Å². The van der Waals surface area contributed by atoms with Gasteiger partial charge in [0.1, 0.15) is 0 Å². The normalized spacial score (nSPS) is 17.3. The Bertz CT molecular complexity index is 269. The molecule has 0 amide bonds. The second kappa shape index (κ2) is 13.9. The van der Waals surface area contributed by atoms with Crippen molar-refractivity contribution in [2.75, 3.05) is 0 Å². The second-order valence-electron chi connectivity index (χ2n) is 5.72. The maximum Gasteiger partial charge on any atom is 0.155 e. The van der Waals surface area contributed by atoms with Crippen LogP contribution in [0.15, 0.2) is 0 Å². The third-order valence-corrected chi connectivity index (χ3v) is 5.97. The highest BCUT2D eigenvalue weighted by atomic mass is 32.2. The summed E-state index contributed by atoms with van der Waals surface area (Å²) in [7, 11) is 0. The average molecular weight is 341 g/mol. The Balaban J connectivity index is 4.06. The molecule has 0 bridgehead atoms. The molecule has 0 rings (SSSR count). The Morgan fingerprint density at radius 3 is 1.29 bits per heavy atom. The minimum absolute atomic E-state index is 0.181. The fraction of sp³-hybridized carbons (Fsp3) is 1.00. The molecule has 2 N–H and O–H groups in total. The van der Waals surface area contributed by atoms with Crippen LogP contribution in [0.1, 0.15) is 84.5 Å². The van der Waals surface area contributed by atoms with E-state index in [1.807, 2.05) is 0 Å². The minimum Gasteiger partial charge on any atom is -0.306 e. The van der Waals surface area contributed by atoms with Gasteiger partial charge in [-0.15, -0.1) is 0 Å². The zero-order valence-corrected chi connectivity index (χ0v) is 15.1. The first-order chi connectivity index (χ1) is 10.0. The summed E-state index contributed by atoms with van der Waals surface area (Å²) in [6.45, 7) is 4.23. The van der Waals surface area contributed by atoms with Crippen LogP contribution < -0.4 is 0 Å². The molecule has 4 atom stereocenters. The molecule has 0 radical (unpaired) electrons. The molecular formula is C15H32O4S2. The quantitative estimate of drug-likeness (QED) is 0.361. The first kappa shape index (κ1) is 21.2. The minimum atomic E-state index is -1.78. The summed E-state index contributed by atoms with van der Waals surface area (Å²) in [5.41, 5.74) is 0. The number of unbranched alkanes of at least 4 members (excludes halogenated alkanes) is 4. The van der Waals surface area contributed by atoms with Crippen LogP contribution >= 0.6 is 0 Å². The molecule has 21 heavy (non-hydrogen) atoms. The van der Waals surface area contributed by atoms with Crippen molar-refractivity contribution in [2.24, 2.45) is 0 Å². The molecule has 0 heterocycles. The van der Waals surface area contributed by atoms with Gasteiger partial charge in [0, 0.05) is 0 Å². The molecule has 0 spiro atoms. The van der Waals surface area contributed by atoms with Gasteiger partial charge >= 0.3 is 0 Å². The van der Waals surface area contributed by atoms with Crippen LogP contribution in [0, 0.1) is 0 Å². The van der Waals surface area contributed by atoms with E-state index in [4.69, 9.17) is 0 Å². The molecule has 0 aromatic carbocycles. The molecule has 0 fully saturated rings. The molecule has 6 heteroatoms. The van der Waals surface area contributed by atoms with Gasteiger partial charge in [-0.2, -0.15) is 0 Å². The molecule has 0 aromatic rings. The van der Waals surface area contributed by atoms with Crippen LogP contribution in [0.5, 0.6) is 0 Å². The van der Waals surface area contributed by atoms with E-state index in [1.54, 1.807) is 0 Å². The van der Waals surface area contributed by atoms with Crippen molar-refractivity contribution in [3.8, 4) is 0 Å². The van der Waals surface area contributed by atoms with E-state index in [-0.39, 0.29) is 10.5 Å². The molecular weight excluding hydrogens is 308 g/mol. The summed E-state index contributed by atoms with van der Waals surface area (Å²) in [6.07, 6.45) is 10.0. The highest BCUT2D eigenvalue weighted by Gasteiger charge is 2.18. The van der Waals surface area contributed by atoms with Gasteiger partial charge in [-0.3, -0.25) is 0 Å². The van der Waals surface area contributed by atoms with Crippen LogP contribution in [0.2, 0.25) is 0 Å². The summed E-state index contributed by atoms with van der Waals surface area (Å²) in [5.74, 6) is 0. The molecule has 4 unspecified atom stereocenters. The lowest BCUT2D eigenvalue weighted by Crippen LogP contribution is -2.18. The third kappa shape index (κ3) is 11.4. The summed E-state index contributed by atoms with van der Waals surface area (Å²) in [6, 6.07) is 0. The molecule has 128 valence electrons. The summed E-state index contributed by atoms with van der Waals surface area (Å²) < 4.78 is 41.3. The molecule has 0 aliphatic carbocycles. The second-order valence-corrected chi connectivity index (χ2v) is 8.16. The summed E-state index contributed by atoms with van der Waals surface area (Å²) in [4.78, 5) is 0. The SMILES string of the molecule is CCCCCC(CCCC(CCCCC)S(=O)O)S(=O)O. The maximum atomic E-state index is 11.3. The topological polar surface area (TPSA) is 74.6 Å². The predicted octanol–water partition coefficient (Wildman–Crippen LogP) is 4.50. The fourth-order valence-electron chi connectivity index (χ4n) is 2.51. The van der Waals surface area contributed by atoms with Crippen molar-refractivity contribution in [2.45, 2.75) is 95.0 Å². The molecule has 0 saturated carbocycles. The van der Waals surface area contributed by atoms with E-state index in [0.29, 0.717) is 12.8 Å². The van der Waals surface area contributed by atoms with Crippen molar-refractivity contribution in [1.82, 2.24) is 0 Å². The van der Waals surface area contributed by atoms with E-state index in [1.165, 1.54) is 0 Å². The van der Waals surface area contributed by atoms with Gasteiger partial charge in [0.05, 0.1) is 10.5 Å². The highest BCUT2D eigenvalue weighted by Crippen LogP contribution is 2.19. The predicted molar refractivity (Wildman–Crippen MR) is 91.3 cm³/mol. The Labute approximate surface area is 135 Å². The van der Waals surface area contributed by atoms with Gasteiger partial charge in [-0.25, -0.2) is 8.42 Å². The smallest absolute Gasteiger partial charge is 0.155 e. The lowest BCUT2D eigenvalue weighted by Gasteiger charge is -2.16. The van der Waals surface area contributed by atoms with Gasteiger partial charge in [0.15, 0.2) is 22.2 Å². The monoisotopic (exact) mass is 340 g/mol. The fourth-order valence-corrected chi connectivity index (χ4v) is 3.98. The molecule has 0 aromatic heterocycles. The van der Waals surface area contributed by atoms with Gasteiger partial charge in [0.2, 0.25) is 0 Å². The van der Waals surface area contributed by atoms with Crippen LogP contribution in [0.4, 0.5) is 0 Å². The summed E-state index contributed by atoms with van der Waals surface area (Å²) in [5, 5.41) is -0.361. The number of hydrogen-bond donors (Lipinski definition) is 2. The van der Waals surface area contributed by atoms with Crippen LogP contribution in [0.25, 0.3) is 0 Å². The molecule has 0 saturated heterocycles. The number of rotatable bonds is 14. The van der Waals surface area contributed by atoms with E-state index in [9.17, 15) is 17.5 Å². The van der Waals surface area contributed by atoms with Gasteiger partial charge < -0.3 is 9.11 Å². The standard InChI is InChI=1S/C15H32O4S2/c1-3-5-7-10-14(20(16)17)12-9-13-15(21(18)19)11-8-6-4-2/h14-15H,3-13H2,1-2H3,(H,16,17)(H,18,19). The van der Waals surface area contributed by atoms with Crippen LogP contribution in [-0.4, -0.2) is 28.0 Å². The first-order valence-electron chi connectivity index (χ1n) is 8.22. The number of hydrogen-bond acceptors (Lipinski definition) is 2. The zero-order chi connectivity index (χ0) is 16.1. The maximum absolute atomic E-state index is 11.3. The molecule has 4 nitrogen and oxygen atoms in total. The Morgan fingerprint density at radius 2 is 1.00 bits per heavy atom. The lowest BCUT2D eigenvalue weighted by molar-refractivity contribution is 0.489. The van der Waals surface area contributed by atoms with Crippen molar-refractivity contribution in [3.05, 3.63) is 0 Å². The van der Waals surface area contributed by atoms with E-state index in [2.05, 4.69) is 13.8 Å². The molecule has 0 aliphatic rings. The van der Waals surface area contributed by atoms with Crippen LogP contribution in [-0.2, 0) is 22.2 Å². The Hall–Kier alpha value is 0.220. The van der Waals surface area contributed by atoms with E-state index in [0.717, 1.165) is 57.8 Å². The third-order valence-electron chi connectivity index (χ3n) is 3.88. The van der Waals surface area contributed by atoms with Crippen molar-refractivity contribution < 1.29 is 17.5 Å². The van der Waals surface area contributed by atoms with Crippen molar-refractivity contribution in [1.29, 1.82) is 0 Å². The van der Waals surface area contributed by atoms with Crippen molar-refractivity contribution in [3.63, 3.8) is 0 Å². The molecule has 0 aliphatic heterocycles.